The number of halogens is 4. The highest BCUT2D eigenvalue weighted by Crippen LogP contribution is 2.20. The molecular weight excluding hydrogens is 523 g/mol. The summed E-state index contributed by atoms with van der Waals surface area (Å²) in [5.74, 6) is -0.402. The summed E-state index contributed by atoms with van der Waals surface area (Å²) < 4.78 is 49.3. The molecule has 2 atom stereocenters. The molecule has 0 spiro atoms. The van der Waals surface area contributed by atoms with E-state index in [4.69, 9.17) is 20.8 Å². The molecule has 1 aliphatic heterocycles. The van der Waals surface area contributed by atoms with Gasteiger partial charge in [-0.1, -0.05) is 21.8 Å². The summed E-state index contributed by atoms with van der Waals surface area (Å²) in [6.07, 6.45) is -0.828. The second kappa shape index (κ2) is 10.9. The Labute approximate surface area is 210 Å². The van der Waals surface area contributed by atoms with Gasteiger partial charge in [0.25, 0.3) is 5.91 Å². The molecule has 1 aliphatic rings. The molecule has 1 aromatic carbocycles. The lowest BCUT2D eigenvalue weighted by atomic mass is 10.0. The maximum atomic E-state index is 12.7. The zero-order valence-electron chi connectivity index (χ0n) is 18.4. The molecule has 0 saturated carbocycles. The average molecular weight is 541 g/mol. The Bertz CT molecular complexity index is 1250. The molecule has 1 fully saturated rings. The summed E-state index contributed by atoms with van der Waals surface area (Å²) >= 11 is 5.96. The van der Waals surface area contributed by atoms with Crippen LogP contribution in [0.15, 0.2) is 33.8 Å². The molecule has 3 aromatic rings. The van der Waals surface area contributed by atoms with Gasteiger partial charge in [0.1, 0.15) is 6.61 Å². The number of aliphatic imine (C=N–C) groups is 1. The van der Waals surface area contributed by atoms with Crippen LogP contribution in [-0.2, 0) is 4.74 Å². The van der Waals surface area contributed by atoms with Crippen molar-refractivity contribution in [3.05, 3.63) is 35.2 Å². The molecule has 0 aliphatic carbocycles. The van der Waals surface area contributed by atoms with Gasteiger partial charge < -0.3 is 19.8 Å². The average Bonchev–Trinajstić information content (AvgIpc) is 3.28. The van der Waals surface area contributed by atoms with Crippen LogP contribution in [0, 0.1) is 0 Å². The van der Waals surface area contributed by atoms with Gasteiger partial charge in [0, 0.05) is 40.6 Å². The monoisotopic (exact) mass is 540 g/mol. The maximum absolute atomic E-state index is 12.7. The number of hydrogen-bond donors (Lipinski definition) is 2. The molecule has 1 amide bonds. The fourth-order valence-corrected chi connectivity index (χ4v) is 3.81. The SMILES string of the molecule is O=C(N[C@]1([Si])CCC(C=Nc2nnc(OCCOC(F)(F)F)o2)NC1)c1ncc2cc(Cl)ccc2n1. The number of nitrogens with one attached hydrogen (secondary N) is 2. The zero-order chi connectivity index (χ0) is 25.8. The van der Waals surface area contributed by atoms with Crippen molar-refractivity contribution < 1.29 is 31.9 Å². The summed E-state index contributed by atoms with van der Waals surface area (Å²) in [5.41, 5.74) is 0.602. The van der Waals surface area contributed by atoms with Gasteiger partial charge in [0.15, 0.2) is 0 Å². The smallest absolute Gasteiger partial charge is 0.447 e. The zero-order valence-corrected chi connectivity index (χ0v) is 20.1. The van der Waals surface area contributed by atoms with Crippen LogP contribution >= 0.6 is 11.6 Å². The first-order valence-corrected chi connectivity index (χ1v) is 11.4. The van der Waals surface area contributed by atoms with Gasteiger partial charge in [-0.05, 0) is 31.0 Å². The van der Waals surface area contributed by atoms with E-state index in [0.29, 0.717) is 29.9 Å². The molecule has 1 saturated heterocycles. The van der Waals surface area contributed by atoms with Crippen molar-refractivity contribution in [2.45, 2.75) is 30.4 Å². The number of carbonyl (C=O) groups excluding carboxylic acids is 1. The van der Waals surface area contributed by atoms with Crippen LogP contribution < -0.4 is 15.4 Å². The molecule has 1 unspecified atom stereocenters. The highest BCUT2D eigenvalue weighted by atomic mass is 35.5. The summed E-state index contributed by atoms with van der Waals surface area (Å²) in [4.78, 5) is 25.2. The van der Waals surface area contributed by atoms with E-state index in [2.05, 4.69) is 50.8 Å². The first kappa shape index (κ1) is 25.9. The van der Waals surface area contributed by atoms with Crippen molar-refractivity contribution in [3.8, 4) is 6.08 Å². The fourth-order valence-electron chi connectivity index (χ4n) is 3.27. The van der Waals surface area contributed by atoms with E-state index in [1.807, 2.05) is 0 Å². The number of carbonyl (C=O) groups is 1. The van der Waals surface area contributed by atoms with Gasteiger partial charge in [0.2, 0.25) is 5.82 Å². The molecular formula is C20H18ClF3N7O4Si. The topological polar surface area (TPSA) is 137 Å². The van der Waals surface area contributed by atoms with Gasteiger partial charge in [-0.2, -0.15) is 0 Å². The molecule has 2 aromatic heterocycles. The lowest BCUT2D eigenvalue weighted by Crippen LogP contribution is -2.60. The summed E-state index contributed by atoms with van der Waals surface area (Å²) in [5, 5.41) is 13.8. The molecule has 189 valence electrons. The quantitative estimate of drug-likeness (QED) is 0.250. The Morgan fingerprint density at radius 3 is 2.97 bits per heavy atom. The number of alkyl halides is 3. The molecule has 36 heavy (non-hydrogen) atoms. The Morgan fingerprint density at radius 1 is 1.39 bits per heavy atom. The molecule has 3 heterocycles. The predicted molar refractivity (Wildman–Crippen MR) is 121 cm³/mol. The number of nitrogens with zero attached hydrogens (tertiary/aromatic N) is 5. The second-order valence-corrected chi connectivity index (χ2v) is 9.12. The van der Waals surface area contributed by atoms with Gasteiger partial charge >= 0.3 is 18.5 Å². The van der Waals surface area contributed by atoms with Crippen LogP contribution in [0.4, 0.5) is 19.2 Å². The minimum Gasteiger partial charge on any atom is -0.447 e. The normalized spacial score (nSPS) is 20.6. The predicted octanol–water partition coefficient (Wildman–Crippen LogP) is 2.33. The van der Waals surface area contributed by atoms with Crippen LogP contribution in [0.5, 0.6) is 6.08 Å². The number of rotatable bonds is 8. The van der Waals surface area contributed by atoms with Gasteiger partial charge in [0.05, 0.1) is 22.4 Å². The third-order valence-electron chi connectivity index (χ3n) is 4.98. The van der Waals surface area contributed by atoms with Gasteiger partial charge in [-0.25, -0.2) is 15.0 Å². The number of benzene rings is 1. The Morgan fingerprint density at radius 2 is 2.22 bits per heavy atom. The number of hydrogen-bond acceptors (Lipinski definition) is 10. The van der Waals surface area contributed by atoms with Crippen molar-refractivity contribution in [3.63, 3.8) is 0 Å². The molecule has 16 heteroatoms. The van der Waals surface area contributed by atoms with E-state index in [-0.39, 0.29) is 24.0 Å². The fraction of sp³-hybridized carbons (Fsp3) is 0.400. The molecule has 2 N–H and O–H groups in total. The minimum absolute atomic E-state index is 0.0329. The van der Waals surface area contributed by atoms with E-state index in [0.717, 1.165) is 5.39 Å². The lowest BCUT2D eigenvalue weighted by molar-refractivity contribution is -0.325. The van der Waals surface area contributed by atoms with Gasteiger partial charge in [-0.15, -0.1) is 13.2 Å². The highest BCUT2D eigenvalue weighted by Gasteiger charge is 2.33. The second-order valence-electron chi connectivity index (χ2n) is 7.73. The number of ether oxygens (including phenoxy) is 2. The molecule has 4 rings (SSSR count). The number of amides is 1. The van der Waals surface area contributed by atoms with Crippen molar-refractivity contribution in [1.29, 1.82) is 0 Å². The van der Waals surface area contributed by atoms with Crippen molar-refractivity contribution >= 4 is 50.9 Å². The van der Waals surface area contributed by atoms with E-state index in [9.17, 15) is 18.0 Å². The van der Waals surface area contributed by atoms with Crippen LogP contribution in [0.1, 0.15) is 23.5 Å². The lowest BCUT2D eigenvalue weighted by Gasteiger charge is -2.37. The number of fused-ring (bicyclic) bond motifs is 1. The van der Waals surface area contributed by atoms with E-state index in [1.165, 1.54) is 0 Å². The third kappa shape index (κ3) is 7.19. The van der Waals surface area contributed by atoms with Crippen LogP contribution in [-0.4, -0.2) is 79.9 Å². The molecule has 3 radical (unpaired) electrons. The van der Waals surface area contributed by atoms with Crippen molar-refractivity contribution in [2.75, 3.05) is 19.8 Å². The summed E-state index contributed by atoms with van der Waals surface area (Å²) in [6.45, 7) is -0.775. The Balaban J connectivity index is 1.25. The summed E-state index contributed by atoms with van der Waals surface area (Å²) in [7, 11) is 3.63. The van der Waals surface area contributed by atoms with E-state index >= 15 is 0 Å². The number of aromatic nitrogens is 4. The van der Waals surface area contributed by atoms with Crippen molar-refractivity contribution in [2.24, 2.45) is 4.99 Å². The van der Waals surface area contributed by atoms with E-state index < -0.39 is 30.6 Å². The maximum Gasteiger partial charge on any atom is 0.522 e. The molecule has 0 bridgehead atoms. The first-order chi connectivity index (χ1) is 17.1. The Hall–Kier alpha value is -3.14. The van der Waals surface area contributed by atoms with Crippen LogP contribution in [0.25, 0.3) is 10.9 Å². The minimum atomic E-state index is -4.74. The largest absolute Gasteiger partial charge is 0.522 e. The van der Waals surface area contributed by atoms with Gasteiger partial charge in [-0.3, -0.25) is 9.53 Å². The third-order valence-corrected chi connectivity index (χ3v) is 5.77. The highest BCUT2D eigenvalue weighted by molar-refractivity contribution is 6.31. The first-order valence-electron chi connectivity index (χ1n) is 10.5. The van der Waals surface area contributed by atoms with Crippen LogP contribution in [0.3, 0.4) is 0 Å². The summed E-state index contributed by atoms with van der Waals surface area (Å²) in [6, 6.07) is 4.83. The van der Waals surface area contributed by atoms with Crippen LogP contribution in [0.2, 0.25) is 5.02 Å². The Kier molecular flexibility index (Phi) is 7.82. The standard InChI is InChI=1S/C20H18ClF3N7O4Si/c21-12-1-2-14-11(7-12)8-25-15(28-14)16(32)29-19(36)4-3-13(27-10-19)9-26-17-30-31-18(35-17)33-5-6-34-20(22,23)24/h1-2,7-9,13,27H,3-6,10H2,(H,29,32)/t13?,19-/m0/s1. The number of piperidine rings is 1. The van der Waals surface area contributed by atoms with Crippen molar-refractivity contribution in [1.82, 2.24) is 30.8 Å². The molecule has 11 nitrogen and oxygen atoms in total. The van der Waals surface area contributed by atoms with E-state index in [1.54, 1.807) is 30.6 Å².